The summed E-state index contributed by atoms with van der Waals surface area (Å²) in [5, 5.41) is 8.85. The molecule has 0 radical (unpaired) electrons. The minimum absolute atomic E-state index is 0.0496. The van der Waals surface area contributed by atoms with Crippen molar-refractivity contribution in [3.8, 4) is 22.5 Å². The van der Waals surface area contributed by atoms with Gasteiger partial charge in [-0.05, 0) is 83.3 Å². The van der Waals surface area contributed by atoms with Crippen LogP contribution in [0.4, 0.5) is 0 Å². The Morgan fingerprint density at radius 2 is 1.20 bits per heavy atom. The van der Waals surface area contributed by atoms with Crippen LogP contribution in [0.25, 0.3) is 74.3 Å². The molecule has 9 aromatic rings. The predicted octanol–water partition coefficient (Wildman–Crippen LogP) is 13.3. The van der Waals surface area contributed by atoms with Gasteiger partial charge < -0.3 is 0 Å². The van der Waals surface area contributed by atoms with Gasteiger partial charge in [0.1, 0.15) is 0 Å². The largest absolute Gasteiger partial charge is 0.252 e. The Kier molecular flexibility index (Phi) is 6.81. The van der Waals surface area contributed by atoms with Crippen molar-refractivity contribution in [2.45, 2.75) is 45.4 Å². The van der Waals surface area contributed by atoms with Crippen molar-refractivity contribution in [3.05, 3.63) is 144 Å². The summed E-state index contributed by atoms with van der Waals surface area (Å²) in [7, 11) is 0. The van der Waals surface area contributed by atoms with Crippen LogP contribution in [0, 0.1) is 0 Å². The van der Waals surface area contributed by atoms with Gasteiger partial charge in [-0.25, -0.2) is 0 Å². The van der Waals surface area contributed by atoms with E-state index < -0.39 is 5.41 Å². The molecule has 2 nitrogen and oxygen atoms in total. The lowest BCUT2D eigenvalue weighted by Crippen LogP contribution is -2.22. The van der Waals surface area contributed by atoms with Crippen LogP contribution in [0.2, 0.25) is 0 Å². The zero-order chi connectivity index (χ0) is 33.5. The third kappa shape index (κ3) is 4.96. The first-order valence-corrected chi connectivity index (χ1v) is 18.5. The van der Waals surface area contributed by atoms with Gasteiger partial charge in [-0.15, -0.1) is 22.7 Å². The summed E-state index contributed by atoms with van der Waals surface area (Å²) in [6.07, 6.45) is 0. The summed E-state index contributed by atoms with van der Waals surface area (Å²) in [6, 6.07) is 46.2. The van der Waals surface area contributed by atoms with Crippen molar-refractivity contribution in [2.75, 3.05) is 0 Å². The Hall–Kier alpha value is -4.90. The number of rotatable bonds is 4. The maximum Gasteiger partial charge on any atom is 0.0898 e. The van der Waals surface area contributed by atoms with Crippen LogP contribution in [0.15, 0.2) is 127 Å². The molecule has 0 spiro atoms. The molecular formula is C45H36N2S2. The van der Waals surface area contributed by atoms with Crippen LogP contribution in [0.5, 0.6) is 0 Å². The van der Waals surface area contributed by atoms with Crippen molar-refractivity contribution in [3.63, 3.8) is 0 Å². The number of hydrogen-bond donors (Lipinski definition) is 0. The number of thiophene rings is 2. The topological polar surface area (TPSA) is 25.8 Å². The van der Waals surface area contributed by atoms with E-state index in [1.807, 2.05) is 22.7 Å². The lowest BCUT2D eigenvalue weighted by molar-refractivity contribution is 0.598. The van der Waals surface area contributed by atoms with Crippen molar-refractivity contribution >= 4 is 74.5 Å². The molecule has 0 saturated carbocycles. The number of pyridine rings is 2. The van der Waals surface area contributed by atoms with Gasteiger partial charge in [-0.3, -0.25) is 9.97 Å². The van der Waals surface area contributed by atoms with Crippen LogP contribution in [0.1, 0.15) is 50.9 Å². The van der Waals surface area contributed by atoms with Gasteiger partial charge in [0.15, 0.2) is 0 Å². The maximum absolute atomic E-state index is 5.66. The summed E-state index contributed by atoms with van der Waals surface area (Å²) < 4.78 is 3.83. The fraction of sp³-hybridized carbons (Fsp3) is 0.156. The number of fused-ring (bicyclic) bond motifs is 7. The molecule has 0 aliphatic carbocycles. The summed E-state index contributed by atoms with van der Waals surface area (Å²) in [5.41, 5.74) is 5.99. The first-order chi connectivity index (χ1) is 23.6. The summed E-state index contributed by atoms with van der Waals surface area (Å²) in [6.45, 7) is 11.5. The first kappa shape index (κ1) is 30.2. The zero-order valence-corrected chi connectivity index (χ0v) is 30.0. The molecule has 0 atom stereocenters. The quantitative estimate of drug-likeness (QED) is 0.186. The van der Waals surface area contributed by atoms with E-state index in [1.165, 1.54) is 62.2 Å². The maximum atomic E-state index is 5.66. The van der Waals surface area contributed by atoms with Crippen LogP contribution in [-0.2, 0) is 10.8 Å². The molecule has 4 heterocycles. The zero-order valence-electron chi connectivity index (χ0n) is 28.3. The molecule has 0 amide bonds. The molecule has 0 bridgehead atoms. The third-order valence-electron chi connectivity index (χ3n) is 9.96. The van der Waals surface area contributed by atoms with Gasteiger partial charge in [-0.2, -0.15) is 0 Å². The second-order valence-corrected chi connectivity index (χ2v) is 16.8. The van der Waals surface area contributed by atoms with E-state index in [9.17, 15) is 0 Å². The second kappa shape index (κ2) is 11.1. The molecule has 0 aliphatic heterocycles. The van der Waals surface area contributed by atoms with E-state index in [0.717, 1.165) is 28.3 Å². The molecule has 0 saturated heterocycles. The molecule has 4 heteroatoms. The van der Waals surface area contributed by atoms with Gasteiger partial charge in [0.05, 0.1) is 27.5 Å². The molecule has 0 unspecified atom stereocenters. The summed E-state index contributed by atoms with van der Waals surface area (Å²) in [4.78, 5) is 12.4. The lowest BCUT2D eigenvalue weighted by atomic mass is 9.83. The van der Waals surface area contributed by atoms with Crippen molar-refractivity contribution in [1.82, 2.24) is 9.97 Å². The van der Waals surface area contributed by atoms with Crippen LogP contribution in [-0.4, -0.2) is 9.97 Å². The highest BCUT2D eigenvalue weighted by atomic mass is 32.1. The lowest BCUT2D eigenvalue weighted by Gasteiger charge is -2.25. The SMILES string of the molecule is CC(C)(C)c1cc2c(s1)c(-c1nc(C(C)(C)c3cccc(-c4ccc5ccccc5c4)n3)cc3c1sc1ccccc13)cc1ccccc12. The highest BCUT2D eigenvalue weighted by Crippen LogP contribution is 2.47. The Balaban J connectivity index is 1.29. The van der Waals surface area contributed by atoms with Crippen molar-refractivity contribution in [2.24, 2.45) is 0 Å². The molecule has 5 aromatic carbocycles. The van der Waals surface area contributed by atoms with Gasteiger partial charge in [0, 0.05) is 47.0 Å². The van der Waals surface area contributed by atoms with Crippen LogP contribution in [0.3, 0.4) is 0 Å². The second-order valence-electron chi connectivity index (χ2n) is 14.7. The average molecular weight is 669 g/mol. The van der Waals surface area contributed by atoms with E-state index in [0.29, 0.717) is 0 Å². The fourth-order valence-electron chi connectivity index (χ4n) is 7.08. The Morgan fingerprint density at radius 3 is 2.02 bits per heavy atom. The first-order valence-electron chi connectivity index (χ1n) is 16.9. The number of aromatic nitrogens is 2. The van der Waals surface area contributed by atoms with Gasteiger partial charge in [-0.1, -0.05) is 106 Å². The number of benzene rings is 5. The average Bonchev–Trinajstić information content (AvgIpc) is 3.74. The predicted molar refractivity (Wildman–Crippen MR) is 213 cm³/mol. The van der Waals surface area contributed by atoms with E-state index in [2.05, 4.69) is 162 Å². The molecule has 0 aliphatic rings. The van der Waals surface area contributed by atoms with Crippen molar-refractivity contribution < 1.29 is 0 Å². The van der Waals surface area contributed by atoms with Crippen molar-refractivity contribution in [1.29, 1.82) is 0 Å². The van der Waals surface area contributed by atoms with Gasteiger partial charge >= 0.3 is 0 Å². The van der Waals surface area contributed by atoms with E-state index >= 15 is 0 Å². The molecular weight excluding hydrogens is 633 g/mol. The smallest absolute Gasteiger partial charge is 0.0898 e. The van der Waals surface area contributed by atoms with Gasteiger partial charge in [0.25, 0.3) is 0 Å². The highest BCUT2D eigenvalue weighted by Gasteiger charge is 2.30. The molecule has 0 fully saturated rings. The molecule has 238 valence electrons. The van der Waals surface area contributed by atoms with E-state index in [1.54, 1.807) is 0 Å². The standard InChI is InChI=1S/C45H36N2S2/c1-44(2,3)40-26-34-31-16-9-8-15-29(31)24-35(42(34)49-40)41-43-33(32-17-10-11-19-37(32)48-43)25-39(47-41)45(4,5)38-20-12-18-36(46-38)30-22-21-27-13-6-7-14-28(27)23-30/h6-26H,1-5H3. The normalized spacial score (nSPS) is 12.6. The molecule has 9 rings (SSSR count). The van der Waals surface area contributed by atoms with E-state index in [4.69, 9.17) is 9.97 Å². The summed E-state index contributed by atoms with van der Waals surface area (Å²) in [5.74, 6) is 0. The Labute approximate surface area is 294 Å². The summed E-state index contributed by atoms with van der Waals surface area (Å²) >= 11 is 3.77. The van der Waals surface area contributed by atoms with E-state index in [-0.39, 0.29) is 5.41 Å². The van der Waals surface area contributed by atoms with Gasteiger partial charge in [0.2, 0.25) is 0 Å². The third-order valence-corrected chi connectivity index (χ3v) is 12.7. The molecule has 49 heavy (non-hydrogen) atoms. The monoisotopic (exact) mass is 668 g/mol. The Bertz CT molecular complexity index is 2740. The molecule has 4 aromatic heterocycles. The van der Waals surface area contributed by atoms with Crippen LogP contribution < -0.4 is 0 Å². The highest BCUT2D eigenvalue weighted by molar-refractivity contribution is 7.26. The number of hydrogen-bond acceptors (Lipinski definition) is 4. The number of nitrogens with zero attached hydrogens (tertiary/aromatic N) is 2. The van der Waals surface area contributed by atoms with Crippen LogP contribution >= 0.6 is 22.7 Å². The minimum atomic E-state index is -0.458. The minimum Gasteiger partial charge on any atom is -0.252 e. The Morgan fingerprint density at radius 1 is 0.490 bits per heavy atom. The fourth-order valence-corrected chi connectivity index (χ4v) is 9.51. The molecule has 0 N–H and O–H groups in total.